The Balaban J connectivity index is 1.94. The Morgan fingerprint density at radius 3 is 2.95 bits per heavy atom. The summed E-state index contributed by atoms with van der Waals surface area (Å²) in [6.45, 7) is 4.44. The van der Waals surface area contributed by atoms with Crippen LogP contribution in [0.4, 0.5) is 0 Å². The van der Waals surface area contributed by atoms with E-state index in [1.54, 1.807) is 0 Å². The lowest BCUT2D eigenvalue weighted by molar-refractivity contribution is -0.148. The predicted molar refractivity (Wildman–Crippen MR) is 75.1 cm³/mol. The standard InChI is InChI=1S/C15H17NO5/c1-3-19-13-5-9-4-8(2)20-12(9)6-10(13)11-7-14(15(17)18)21-16-11/h5-6,8,14H,3-4,7H2,1-2H3,(H,17,18). The predicted octanol–water partition coefficient (Wildman–Crippen LogP) is 1.99. The fourth-order valence-electron chi connectivity index (χ4n) is 2.61. The lowest BCUT2D eigenvalue weighted by Crippen LogP contribution is -2.20. The number of rotatable bonds is 4. The molecule has 1 aromatic rings. The van der Waals surface area contributed by atoms with Gasteiger partial charge in [0.15, 0.2) is 0 Å². The first-order valence-corrected chi connectivity index (χ1v) is 7.00. The molecule has 0 aromatic heterocycles. The minimum atomic E-state index is -1.02. The topological polar surface area (TPSA) is 77.4 Å². The second-order valence-electron chi connectivity index (χ2n) is 5.20. The molecule has 2 aliphatic heterocycles. The number of benzene rings is 1. The molecule has 0 fully saturated rings. The van der Waals surface area contributed by atoms with Crippen molar-refractivity contribution in [3.05, 3.63) is 23.3 Å². The minimum absolute atomic E-state index is 0.137. The number of carboxylic acid groups (broad SMARTS) is 1. The summed E-state index contributed by atoms with van der Waals surface area (Å²) in [5.41, 5.74) is 2.43. The highest BCUT2D eigenvalue weighted by molar-refractivity contribution is 6.05. The lowest BCUT2D eigenvalue weighted by atomic mass is 10.0. The molecule has 1 aromatic carbocycles. The van der Waals surface area contributed by atoms with E-state index in [4.69, 9.17) is 19.4 Å². The third-order valence-corrected chi connectivity index (χ3v) is 3.55. The van der Waals surface area contributed by atoms with Crippen molar-refractivity contribution in [2.75, 3.05) is 6.61 Å². The number of fused-ring (bicyclic) bond motifs is 1. The average molecular weight is 291 g/mol. The number of carboxylic acids is 1. The smallest absolute Gasteiger partial charge is 0.348 e. The molecule has 6 heteroatoms. The molecule has 0 saturated heterocycles. The van der Waals surface area contributed by atoms with E-state index in [1.807, 2.05) is 26.0 Å². The van der Waals surface area contributed by atoms with Gasteiger partial charge in [-0.15, -0.1) is 0 Å². The van der Waals surface area contributed by atoms with Crippen LogP contribution in [0.1, 0.15) is 31.4 Å². The Bertz CT molecular complexity index is 610. The minimum Gasteiger partial charge on any atom is -0.493 e. The normalized spacial score (nSPS) is 23.0. The Labute approximate surface area is 122 Å². The van der Waals surface area contributed by atoms with Gasteiger partial charge in [0.05, 0.1) is 12.3 Å². The first-order valence-electron chi connectivity index (χ1n) is 7.00. The lowest BCUT2D eigenvalue weighted by Gasteiger charge is -2.11. The maximum Gasteiger partial charge on any atom is 0.348 e. The first kappa shape index (κ1) is 13.7. The summed E-state index contributed by atoms with van der Waals surface area (Å²) in [6.07, 6.45) is 0.279. The zero-order valence-corrected chi connectivity index (χ0v) is 12.0. The molecule has 0 saturated carbocycles. The molecule has 0 amide bonds. The molecule has 0 spiro atoms. The molecule has 112 valence electrons. The SMILES string of the molecule is CCOc1cc2c(cc1C1=NOC(C(=O)O)C1)OC(C)C2. The fourth-order valence-corrected chi connectivity index (χ4v) is 2.61. The maximum atomic E-state index is 11.0. The van der Waals surface area contributed by atoms with E-state index >= 15 is 0 Å². The van der Waals surface area contributed by atoms with E-state index in [0.29, 0.717) is 18.1 Å². The van der Waals surface area contributed by atoms with Gasteiger partial charge in [-0.05, 0) is 26.0 Å². The van der Waals surface area contributed by atoms with Gasteiger partial charge in [-0.2, -0.15) is 0 Å². The van der Waals surface area contributed by atoms with E-state index in [9.17, 15) is 4.79 Å². The van der Waals surface area contributed by atoms with Gasteiger partial charge in [-0.25, -0.2) is 4.79 Å². The van der Waals surface area contributed by atoms with Crippen LogP contribution in [0.5, 0.6) is 11.5 Å². The highest BCUT2D eigenvalue weighted by atomic mass is 16.7. The van der Waals surface area contributed by atoms with Crippen LogP contribution < -0.4 is 9.47 Å². The highest BCUT2D eigenvalue weighted by Gasteiger charge is 2.31. The van der Waals surface area contributed by atoms with Crippen LogP contribution in [-0.2, 0) is 16.1 Å². The van der Waals surface area contributed by atoms with Crippen molar-refractivity contribution in [2.24, 2.45) is 5.16 Å². The Hall–Kier alpha value is -2.24. The monoisotopic (exact) mass is 291 g/mol. The summed E-state index contributed by atoms with van der Waals surface area (Å²) in [5, 5.41) is 12.9. The van der Waals surface area contributed by atoms with E-state index in [0.717, 1.165) is 23.3 Å². The quantitative estimate of drug-likeness (QED) is 0.918. The maximum absolute atomic E-state index is 11.0. The number of hydrogen-bond donors (Lipinski definition) is 1. The molecule has 3 rings (SSSR count). The Morgan fingerprint density at radius 2 is 2.29 bits per heavy atom. The van der Waals surface area contributed by atoms with E-state index < -0.39 is 12.1 Å². The highest BCUT2D eigenvalue weighted by Crippen LogP contribution is 2.36. The Kier molecular flexibility index (Phi) is 3.45. The molecule has 2 unspecified atom stereocenters. The molecule has 1 N–H and O–H groups in total. The number of aliphatic carboxylic acids is 1. The van der Waals surface area contributed by atoms with Gasteiger partial charge >= 0.3 is 5.97 Å². The first-order chi connectivity index (χ1) is 10.1. The van der Waals surface area contributed by atoms with Gasteiger partial charge in [0, 0.05) is 24.0 Å². The van der Waals surface area contributed by atoms with Gasteiger partial charge in [0.1, 0.15) is 17.6 Å². The third-order valence-electron chi connectivity index (χ3n) is 3.55. The zero-order chi connectivity index (χ0) is 15.0. The van der Waals surface area contributed by atoms with Crippen LogP contribution in [0, 0.1) is 0 Å². The number of carbonyl (C=O) groups is 1. The van der Waals surface area contributed by atoms with Crippen molar-refractivity contribution in [1.82, 2.24) is 0 Å². The van der Waals surface area contributed by atoms with Gasteiger partial charge in [0.25, 0.3) is 0 Å². The fraction of sp³-hybridized carbons (Fsp3) is 0.467. The molecule has 21 heavy (non-hydrogen) atoms. The van der Waals surface area contributed by atoms with Gasteiger partial charge in [-0.3, -0.25) is 0 Å². The molecule has 2 aliphatic rings. The largest absolute Gasteiger partial charge is 0.493 e. The van der Waals surface area contributed by atoms with Crippen molar-refractivity contribution >= 4 is 11.7 Å². The van der Waals surface area contributed by atoms with Crippen molar-refractivity contribution in [3.8, 4) is 11.5 Å². The zero-order valence-electron chi connectivity index (χ0n) is 12.0. The van der Waals surface area contributed by atoms with Crippen LogP contribution in [0.15, 0.2) is 17.3 Å². The second-order valence-corrected chi connectivity index (χ2v) is 5.20. The van der Waals surface area contributed by atoms with E-state index in [2.05, 4.69) is 5.16 Å². The average Bonchev–Trinajstić information content (AvgIpc) is 3.03. The van der Waals surface area contributed by atoms with E-state index in [1.165, 1.54) is 0 Å². The molecular weight excluding hydrogens is 274 g/mol. The third kappa shape index (κ3) is 2.53. The van der Waals surface area contributed by atoms with Crippen LogP contribution >= 0.6 is 0 Å². The molecule has 2 heterocycles. The summed E-state index contributed by atoms with van der Waals surface area (Å²) in [6, 6.07) is 3.82. The van der Waals surface area contributed by atoms with Crippen LogP contribution in [0.25, 0.3) is 0 Å². The van der Waals surface area contributed by atoms with Gasteiger partial charge in [0.2, 0.25) is 6.10 Å². The molecular formula is C15H17NO5. The van der Waals surface area contributed by atoms with Crippen molar-refractivity contribution in [2.45, 2.75) is 38.9 Å². The van der Waals surface area contributed by atoms with Crippen molar-refractivity contribution in [1.29, 1.82) is 0 Å². The van der Waals surface area contributed by atoms with Crippen LogP contribution in [-0.4, -0.2) is 35.6 Å². The van der Waals surface area contributed by atoms with Crippen molar-refractivity contribution < 1.29 is 24.2 Å². The molecule has 2 atom stereocenters. The van der Waals surface area contributed by atoms with Gasteiger partial charge < -0.3 is 19.4 Å². The van der Waals surface area contributed by atoms with Gasteiger partial charge in [-0.1, -0.05) is 5.16 Å². The van der Waals surface area contributed by atoms with E-state index in [-0.39, 0.29) is 12.5 Å². The molecule has 0 aliphatic carbocycles. The molecule has 0 bridgehead atoms. The summed E-state index contributed by atoms with van der Waals surface area (Å²) in [5.74, 6) is 0.488. The summed E-state index contributed by atoms with van der Waals surface area (Å²) in [4.78, 5) is 15.9. The number of nitrogens with zero attached hydrogens (tertiary/aromatic N) is 1. The second kappa shape index (κ2) is 5.27. The molecule has 0 radical (unpaired) electrons. The van der Waals surface area contributed by atoms with Crippen molar-refractivity contribution in [3.63, 3.8) is 0 Å². The Morgan fingerprint density at radius 1 is 1.48 bits per heavy atom. The number of oxime groups is 1. The van der Waals surface area contributed by atoms with Crippen LogP contribution in [0.2, 0.25) is 0 Å². The van der Waals surface area contributed by atoms with Crippen LogP contribution in [0.3, 0.4) is 0 Å². The number of hydrogen-bond acceptors (Lipinski definition) is 5. The summed E-state index contributed by atoms with van der Waals surface area (Å²) >= 11 is 0. The summed E-state index contributed by atoms with van der Waals surface area (Å²) < 4.78 is 11.4. The number of ether oxygens (including phenoxy) is 2. The summed E-state index contributed by atoms with van der Waals surface area (Å²) in [7, 11) is 0. The molecule has 6 nitrogen and oxygen atoms in total.